The van der Waals surface area contributed by atoms with Gasteiger partial charge >= 0.3 is 6.03 Å². The van der Waals surface area contributed by atoms with Crippen LogP contribution in [0.1, 0.15) is 11.8 Å². The quantitative estimate of drug-likeness (QED) is 0.924. The molecule has 2 heterocycles. The zero-order valence-electron chi connectivity index (χ0n) is 11.1. The largest absolute Gasteiger partial charge is 0.338 e. The van der Waals surface area contributed by atoms with Gasteiger partial charge in [0.05, 0.1) is 0 Å². The van der Waals surface area contributed by atoms with Crippen LogP contribution in [0.3, 0.4) is 0 Å². The van der Waals surface area contributed by atoms with Crippen molar-refractivity contribution in [3.8, 4) is 0 Å². The first kappa shape index (κ1) is 14.5. The van der Waals surface area contributed by atoms with Crippen LogP contribution in [-0.4, -0.2) is 46.3 Å². The van der Waals surface area contributed by atoms with Gasteiger partial charge in [-0.1, -0.05) is 13.0 Å². The van der Waals surface area contributed by atoms with E-state index in [1.54, 1.807) is 16.2 Å². The molecule has 0 bridgehead atoms. The minimum atomic E-state index is -0.775. The maximum absolute atomic E-state index is 12.1. The number of nitrogens with one attached hydrogen (secondary N) is 1. The fourth-order valence-electron chi connectivity index (χ4n) is 2.18. The lowest BCUT2D eigenvalue weighted by molar-refractivity contribution is 0.196. The second-order valence-electron chi connectivity index (χ2n) is 4.92. The molecule has 2 atom stereocenters. The molecule has 0 aromatic carbocycles. The molecule has 6 heteroatoms. The Bertz CT molecular complexity index is 434. The van der Waals surface area contributed by atoms with E-state index in [0.717, 1.165) is 6.42 Å². The smallest absolute Gasteiger partial charge is 0.317 e. The van der Waals surface area contributed by atoms with Gasteiger partial charge in [-0.05, 0) is 23.8 Å². The minimum Gasteiger partial charge on any atom is -0.338 e. The number of nitrogens with zero attached hydrogens (tertiary/aromatic N) is 1. The van der Waals surface area contributed by atoms with E-state index >= 15 is 0 Å². The lowest BCUT2D eigenvalue weighted by Crippen LogP contribution is -2.43. The van der Waals surface area contributed by atoms with Gasteiger partial charge in [-0.15, -0.1) is 11.3 Å². The van der Waals surface area contributed by atoms with E-state index in [2.05, 4.69) is 18.3 Å². The number of urea groups is 1. The monoisotopic (exact) mass is 300 g/mol. The third kappa shape index (κ3) is 4.62. The molecular weight excluding hydrogens is 280 g/mol. The molecule has 4 nitrogen and oxygen atoms in total. The maximum Gasteiger partial charge on any atom is 0.317 e. The zero-order valence-corrected chi connectivity index (χ0v) is 12.8. The summed E-state index contributed by atoms with van der Waals surface area (Å²) in [6, 6.07) is 4.07. The molecule has 2 amide bonds. The summed E-state index contributed by atoms with van der Waals surface area (Å²) < 4.78 is 11.6. The summed E-state index contributed by atoms with van der Waals surface area (Å²) in [5, 5.41) is 4.99. The van der Waals surface area contributed by atoms with Gasteiger partial charge in [0.2, 0.25) is 0 Å². The topological polar surface area (TPSA) is 49.4 Å². The number of amides is 2. The second-order valence-corrected chi connectivity index (χ2v) is 7.58. The van der Waals surface area contributed by atoms with Crippen molar-refractivity contribution in [2.24, 2.45) is 5.92 Å². The van der Waals surface area contributed by atoms with Crippen molar-refractivity contribution in [2.75, 3.05) is 31.1 Å². The van der Waals surface area contributed by atoms with Crippen molar-refractivity contribution in [3.05, 3.63) is 22.4 Å². The number of hydrogen-bond donors (Lipinski definition) is 1. The van der Waals surface area contributed by atoms with Crippen molar-refractivity contribution in [2.45, 2.75) is 13.3 Å². The lowest BCUT2D eigenvalue weighted by Gasteiger charge is -2.22. The SMILES string of the molecule is CC1CN(C(=O)NCCc2cccs2)CCS(=O)C1. The summed E-state index contributed by atoms with van der Waals surface area (Å²) in [6.07, 6.45) is 0.874. The minimum absolute atomic E-state index is 0.0256. The van der Waals surface area contributed by atoms with Crippen LogP contribution in [0.25, 0.3) is 0 Å². The molecule has 0 spiro atoms. The van der Waals surface area contributed by atoms with Crippen molar-refractivity contribution >= 4 is 28.2 Å². The Balaban J connectivity index is 1.77. The number of carbonyl (C=O) groups is 1. The third-order valence-electron chi connectivity index (χ3n) is 3.11. The molecule has 19 heavy (non-hydrogen) atoms. The van der Waals surface area contributed by atoms with Crippen molar-refractivity contribution in [1.82, 2.24) is 10.2 Å². The lowest BCUT2D eigenvalue weighted by atomic mass is 10.2. The van der Waals surface area contributed by atoms with Crippen LogP contribution >= 0.6 is 11.3 Å². The predicted octanol–water partition coefficient (Wildman–Crippen LogP) is 1.70. The Kier molecular flexibility index (Phi) is 5.39. The number of carbonyl (C=O) groups excluding carboxylic acids is 1. The van der Waals surface area contributed by atoms with E-state index in [4.69, 9.17) is 0 Å². The maximum atomic E-state index is 12.1. The van der Waals surface area contributed by atoms with E-state index in [-0.39, 0.29) is 6.03 Å². The number of rotatable bonds is 3. The van der Waals surface area contributed by atoms with Gasteiger partial charge in [0.25, 0.3) is 0 Å². The van der Waals surface area contributed by atoms with Gasteiger partial charge in [0.1, 0.15) is 0 Å². The van der Waals surface area contributed by atoms with Crippen molar-refractivity contribution in [1.29, 1.82) is 0 Å². The van der Waals surface area contributed by atoms with Crippen LogP contribution in [0.15, 0.2) is 17.5 Å². The molecule has 0 radical (unpaired) electrons. The summed E-state index contributed by atoms with van der Waals surface area (Å²) in [5.74, 6) is 1.62. The number of thiophene rings is 1. The second kappa shape index (κ2) is 7.05. The molecule has 1 aliphatic heterocycles. The van der Waals surface area contributed by atoms with Gasteiger partial charge in [-0.3, -0.25) is 4.21 Å². The summed E-state index contributed by atoms with van der Waals surface area (Å²) in [6.45, 7) is 4.01. The Hall–Kier alpha value is -0.880. The summed E-state index contributed by atoms with van der Waals surface area (Å²) in [7, 11) is -0.775. The van der Waals surface area contributed by atoms with Gasteiger partial charge in [0.15, 0.2) is 0 Å². The van der Waals surface area contributed by atoms with Gasteiger partial charge in [0, 0.05) is 46.8 Å². The molecule has 0 saturated carbocycles. The van der Waals surface area contributed by atoms with E-state index in [1.807, 2.05) is 11.4 Å². The number of hydrogen-bond acceptors (Lipinski definition) is 3. The first-order chi connectivity index (χ1) is 9.15. The van der Waals surface area contributed by atoms with E-state index < -0.39 is 10.8 Å². The van der Waals surface area contributed by atoms with E-state index in [1.165, 1.54) is 4.88 Å². The fraction of sp³-hybridized carbons (Fsp3) is 0.615. The average Bonchev–Trinajstić information content (AvgIpc) is 2.81. The third-order valence-corrected chi connectivity index (χ3v) is 5.62. The normalized spacial score (nSPS) is 23.9. The van der Waals surface area contributed by atoms with Crippen LogP contribution in [-0.2, 0) is 17.2 Å². The van der Waals surface area contributed by atoms with Gasteiger partial charge in [-0.25, -0.2) is 4.79 Å². The zero-order chi connectivity index (χ0) is 13.7. The van der Waals surface area contributed by atoms with Crippen LogP contribution in [0.2, 0.25) is 0 Å². The molecule has 106 valence electrons. The average molecular weight is 300 g/mol. The van der Waals surface area contributed by atoms with Crippen LogP contribution < -0.4 is 5.32 Å². The summed E-state index contributed by atoms with van der Waals surface area (Å²) >= 11 is 1.71. The molecule has 1 aliphatic rings. The Morgan fingerprint density at radius 1 is 1.63 bits per heavy atom. The predicted molar refractivity (Wildman–Crippen MR) is 80.0 cm³/mol. The highest BCUT2D eigenvalue weighted by atomic mass is 32.2. The van der Waals surface area contributed by atoms with Crippen LogP contribution in [0.5, 0.6) is 0 Å². The van der Waals surface area contributed by atoms with Crippen LogP contribution in [0, 0.1) is 5.92 Å². The summed E-state index contributed by atoms with van der Waals surface area (Å²) in [4.78, 5) is 15.1. The Morgan fingerprint density at radius 3 is 3.21 bits per heavy atom. The highest BCUT2D eigenvalue weighted by Gasteiger charge is 2.22. The molecule has 1 saturated heterocycles. The Morgan fingerprint density at radius 2 is 2.47 bits per heavy atom. The van der Waals surface area contributed by atoms with Crippen molar-refractivity contribution < 1.29 is 9.00 Å². The highest BCUT2D eigenvalue weighted by Crippen LogP contribution is 2.10. The first-order valence-electron chi connectivity index (χ1n) is 6.55. The standard InChI is InChI=1S/C13H20N2O2S2/c1-11-9-15(6-8-19(17)10-11)13(16)14-5-4-12-3-2-7-18-12/h2-3,7,11H,4-6,8-10H2,1H3,(H,14,16). The molecule has 1 fully saturated rings. The molecule has 2 unspecified atom stereocenters. The molecular formula is C13H20N2O2S2. The first-order valence-corrected chi connectivity index (χ1v) is 8.92. The van der Waals surface area contributed by atoms with Crippen molar-refractivity contribution in [3.63, 3.8) is 0 Å². The molecule has 0 aliphatic carbocycles. The molecule has 2 rings (SSSR count). The molecule has 1 aromatic rings. The molecule has 1 N–H and O–H groups in total. The van der Waals surface area contributed by atoms with Crippen LogP contribution in [0.4, 0.5) is 4.79 Å². The Labute approximate surface area is 120 Å². The fourth-order valence-corrected chi connectivity index (χ4v) is 4.22. The molecule has 1 aromatic heterocycles. The van der Waals surface area contributed by atoms with E-state index in [0.29, 0.717) is 37.1 Å². The van der Waals surface area contributed by atoms with Gasteiger partial charge < -0.3 is 10.2 Å². The van der Waals surface area contributed by atoms with Gasteiger partial charge in [-0.2, -0.15) is 0 Å². The van der Waals surface area contributed by atoms with E-state index in [9.17, 15) is 9.00 Å². The highest BCUT2D eigenvalue weighted by molar-refractivity contribution is 7.85. The summed E-state index contributed by atoms with van der Waals surface area (Å²) in [5.41, 5.74) is 0.